The molecule has 0 amide bonds. The fourth-order valence-corrected chi connectivity index (χ4v) is 3.61. The third kappa shape index (κ3) is 0.774. The summed E-state index contributed by atoms with van der Waals surface area (Å²) in [6.07, 6.45) is 2.70. The molecule has 2 rings (SSSR count). The van der Waals surface area contributed by atoms with Crippen molar-refractivity contribution in [3.05, 3.63) is 0 Å². The Balaban J connectivity index is 2.46. The number of aliphatic hydroxyl groups is 2. The van der Waals surface area contributed by atoms with Crippen LogP contribution in [0.2, 0.25) is 0 Å². The van der Waals surface area contributed by atoms with Gasteiger partial charge in [0.15, 0.2) is 0 Å². The second kappa shape index (κ2) is 2.29. The summed E-state index contributed by atoms with van der Waals surface area (Å²) in [5.74, 6) is 0. The molecule has 13 heavy (non-hydrogen) atoms. The first-order chi connectivity index (χ1) is 5.90. The van der Waals surface area contributed by atoms with Gasteiger partial charge in [-0.1, -0.05) is 20.8 Å². The summed E-state index contributed by atoms with van der Waals surface area (Å²) in [7, 11) is 0. The molecule has 2 saturated carbocycles. The largest absolute Gasteiger partial charge is 0.396 e. The van der Waals surface area contributed by atoms with Crippen molar-refractivity contribution in [2.75, 3.05) is 6.61 Å². The molecule has 76 valence electrons. The normalized spacial score (nSPS) is 52.8. The van der Waals surface area contributed by atoms with Crippen molar-refractivity contribution in [2.24, 2.45) is 16.2 Å². The fraction of sp³-hybridized carbons (Fsp3) is 1.00. The van der Waals surface area contributed by atoms with E-state index in [-0.39, 0.29) is 29.0 Å². The first-order valence-corrected chi connectivity index (χ1v) is 5.19. The average Bonchev–Trinajstić information content (AvgIpc) is 2.34. The molecule has 2 aliphatic rings. The van der Waals surface area contributed by atoms with Crippen LogP contribution in [0.15, 0.2) is 0 Å². The van der Waals surface area contributed by atoms with Crippen LogP contribution in [-0.2, 0) is 0 Å². The van der Waals surface area contributed by atoms with E-state index in [1.807, 2.05) is 0 Å². The maximum atomic E-state index is 10.00. The summed E-state index contributed by atoms with van der Waals surface area (Å²) in [4.78, 5) is 0. The van der Waals surface area contributed by atoms with Crippen LogP contribution in [0, 0.1) is 16.2 Å². The summed E-state index contributed by atoms with van der Waals surface area (Å²) in [6, 6.07) is 0. The monoisotopic (exact) mass is 184 g/mol. The molecule has 0 aromatic heterocycles. The van der Waals surface area contributed by atoms with Crippen LogP contribution in [0.3, 0.4) is 0 Å². The van der Waals surface area contributed by atoms with Crippen LogP contribution in [-0.4, -0.2) is 22.9 Å². The second-order valence-corrected chi connectivity index (χ2v) is 5.70. The topological polar surface area (TPSA) is 40.5 Å². The maximum Gasteiger partial charge on any atom is 0.0605 e. The van der Waals surface area contributed by atoms with Crippen molar-refractivity contribution in [2.45, 2.75) is 46.1 Å². The molecule has 2 N–H and O–H groups in total. The zero-order chi connectivity index (χ0) is 9.91. The maximum absolute atomic E-state index is 10.00. The zero-order valence-electron chi connectivity index (χ0n) is 8.80. The Labute approximate surface area is 80.0 Å². The lowest BCUT2D eigenvalue weighted by Gasteiger charge is -2.40. The lowest BCUT2D eigenvalue weighted by molar-refractivity contribution is 0.00712. The predicted octanol–water partition coefficient (Wildman–Crippen LogP) is 1.56. The molecule has 2 heteroatoms. The molecule has 3 atom stereocenters. The van der Waals surface area contributed by atoms with Gasteiger partial charge >= 0.3 is 0 Å². The first kappa shape index (κ1) is 9.47. The van der Waals surface area contributed by atoms with Crippen LogP contribution < -0.4 is 0 Å². The Morgan fingerprint density at radius 3 is 2.08 bits per heavy atom. The molecular formula is C11H20O2. The van der Waals surface area contributed by atoms with E-state index >= 15 is 0 Å². The number of fused-ring (bicyclic) bond motifs is 2. The van der Waals surface area contributed by atoms with Crippen molar-refractivity contribution in [3.8, 4) is 0 Å². The van der Waals surface area contributed by atoms with E-state index < -0.39 is 0 Å². The van der Waals surface area contributed by atoms with Gasteiger partial charge in [-0.25, -0.2) is 0 Å². The average molecular weight is 184 g/mol. The molecule has 0 aromatic carbocycles. The van der Waals surface area contributed by atoms with E-state index in [0.717, 1.165) is 19.3 Å². The highest BCUT2D eigenvalue weighted by molar-refractivity contribution is 5.17. The van der Waals surface area contributed by atoms with E-state index in [0.29, 0.717) is 0 Å². The standard InChI is InChI=1S/C11H20O2/c1-9(2)10(3)4-5-11(9,7-12)6-8(10)13/h8,12-13H,4-7H2,1-3H3. The third-order valence-electron chi connectivity index (χ3n) is 5.50. The van der Waals surface area contributed by atoms with Gasteiger partial charge in [-0.2, -0.15) is 0 Å². The molecule has 0 aliphatic heterocycles. The van der Waals surface area contributed by atoms with Gasteiger partial charge in [-0.3, -0.25) is 0 Å². The SMILES string of the molecule is CC12CCC(CO)(CC1O)C2(C)C. The molecule has 2 bridgehead atoms. The first-order valence-electron chi connectivity index (χ1n) is 5.19. The van der Waals surface area contributed by atoms with Crippen LogP contribution in [0.5, 0.6) is 0 Å². The minimum atomic E-state index is -0.219. The van der Waals surface area contributed by atoms with Gasteiger partial charge in [0.1, 0.15) is 0 Å². The van der Waals surface area contributed by atoms with Crippen LogP contribution in [0.1, 0.15) is 40.0 Å². The summed E-state index contributed by atoms with van der Waals surface area (Å²) in [5.41, 5.74) is 0.0884. The van der Waals surface area contributed by atoms with E-state index in [9.17, 15) is 10.2 Å². The van der Waals surface area contributed by atoms with Crippen LogP contribution in [0.4, 0.5) is 0 Å². The number of hydrogen-bond donors (Lipinski definition) is 2. The van der Waals surface area contributed by atoms with Crippen molar-refractivity contribution in [1.29, 1.82) is 0 Å². The van der Waals surface area contributed by atoms with Gasteiger partial charge in [0.2, 0.25) is 0 Å². The smallest absolute Gasteiger partial charge is 0.0605 e. The highest BCUT2D eigenvalue weighted by atomic mass is 16.3. The van der Waals surface area contributed by atoms with E-state index in [1.54, 1.807) is 0 Å². The Kier molecular flexibility index (Phi) is 1.67. The highest BCUT2D eigenvalue weighted by Gasteiger charge is 2.68. The fourth-order valence-electron chi connectivity index (χ4n) is 3.61. The summed E-state index contributed by atoms with van der Waals surface area (Å²) >= 11 is 0. The molecule has 0 radical (unpaired) electrons. The lowest BCUT2D eigenvalue weighted by Crippen LogP contribution is -2.38. The van der Waals surface area contributed by atoms with Gasteiger partial charge in [-0.15, -0.1) is 0 Å². The molecule has 0 aromatic rings. The van der Waals surface area contributed by atoms with Crippen LogP contribution >= 0.6 is 0 Å². The third-order valence-corrected chi connectivity index (χ3v) is 5.50. The van der Waals surface area contributed by atoms with E-state index in [1.165, 1.54) is 0 Å². The predicted molar refractivity (Wildman–Crippen MR) is 51.3 cm³/mol. The van der Waals surface area contributed by atoms with Gasteiger partial charge in [0, 0.05) is 12.0 Å². The van der Waals surface area contributed by atoms with Crippen molar-refractivity contribution in [1.82, 2.24) is 0 Å². The number of rotatable bonds is 1. The molecule has 0 heterocycles. The van der Waals surface area contributed by atoms with Crippen molar-refractivity contribution in [3.63, 3.8) is 0 Å². The molecular weight excluding hydrogens is 164 g/mol. The number of aliphatic hydroxyl groups excluding tert-OH is 2. The Morgan fingerprint density at radius 1 is 1.23 bits per heavy atom. The Morgan fingerprint density at radius 2 is 1.85 bits per heavy atom. The molecule has 2 aliphatic carbocycles. The minimum absolute atomic E-state index is 0.0127. The minimum Gasteiger partial charge on any atom is -0.396 e. The zero-order valence-corrected chi connectivity index (χ0v) is 8.80. The van der Waals surface area contributed by atoms with E-state index in [4.69, 9.17) is 0 Å². The van der Waals surface area contributed by atoms with Gasteiger partial charge in [-0.05, 0) is 30.1 Å². The number of hydrogen-bond acceptors (Lipinski definition) is 2. The quantitative estimate of drug-likeness (QED) is 0.649. The van der Waals surface area contributed by atoms with Crippen molar-refractivity contribution < 1.29 is 10.2 Å². The summed E-state index contributed by atoms with van der Waals surface area (Å²) in [6.45, 7) is 6.80. The molecule has 2 fully saturated rings. The van der Waals surface area contributed by atoms with Gasteiger partial charge in [0.05, 0.1) is 6.10 Å². The highest BCUT2D eigenvalue weighted by Crippen LogP contribution is 2.71. The van der Waals surface area contributed by atoms with Crippen molar-refractivity contribution >= 4 is 0 Å². The summed E-state index contributed by atoms with van der Waals surface area (Å²) < 4.78 is 0. The molecule has 0 spiro atoms. The van der Waals surface area contributed by atoms with Gasteiger partial charge in [0.25, 0.3) is 0 Å². The van der Waals surface area contributed by atoms with Crippen LogP contribution in [0.25, 0.3) is 0 Å². The molecule has 0 saturated heterocycles. The Bertz CT molecular complexity index is 236. The van der Waals surface area contributed by atoms with Gasteiger partial charge < -0.3 is 10.2 Å². The Hall–Kier alpha value is -0.0800. The van der Waals surface area contributed by atoms with E-state index in [2.05, 4.69) is 20.8 Å². The second-order valence-electron chi connectivity index (χ2n) is 5.70. The summed E-state index contributed by atoms with van der Waals surface area (Å²) in [5, 5.41) is 19.5. The lowest BCUT2D eigenvalue weighted by atomic mass is 9.65. The molecule has 2 nitrogen and oxygen atoms in total. The molecule has 3 unspecified atom stereocenters.